The van der Waals surface area contributed by atoms with E-state index in [0.29, 0.717) is 0 Å². The van der Waals surface area contributed by atoms with Crippen LogP contribution in [0, 0.1) is 12.8 Å². The van der Waals surface area contributed by atoms with E-state index in [1.807, 2.05) is 24.3 Å². The number of benzene rings is 1. The minimum Gasteiger partial charge on any atom is -0.497 e. The van der Waals surface area contributed by atoms with Crippen LogP contribution in [0.1, 0.15) is 12.0 Å². The summed E-state index contributed by atoms with van der Waals surface area (Å²) in [5.41, 5.74) is 1.26. The maximum absolute atomic E-state index is 10.4. The van der Waals surface area contributed by atoms with E-state index in [-0.39, 0.29) is 12.0 Å². The van der Waals surface area contributed by atoms with Crippen LogP contribution in [0.4, 0.5) is 0 Å². The summed E-state index contributed by atoms with van der Waals surface area (Å²) in [5, 5.41) is 3.14. The van der Waals surface area contributed by atoms with Gasteiger partial charge in [0, 0.05) is 13.7 Å². The number of piperidine rings is 1. The second-order valence-corrected chi connectivity index (χ2v) is 4.58. The molecule has 1 aliphatic heterocycles. The van der Waals surface area contributed by atoms with Crippen molar-refractivity contribution in [1.82, 2.24) is 5.32 Å². The molecule has 0 saturated carbocycles. The van der Waals surface area contributed by atoms with Crippen molar-refractivity contribution in [3.05, 3.63) is 29.8 Å². The zero-order chi connectivity index (χ0) is 14.1. The molecule has 1 fully saturated rings. The molecule has 0 spiro atoms. The maximum Gasteiger partial charge on any atom is 0.126 e. The SMILES string of the molecule is COC1CCNCC1C=O.COc1ccc(C)cc1. The third-order valence-electron chi connectivity index (χ3n) is 3.20. The van der Waals surface area contributed by atoms with Crippen LogP contribution in [-0.4, -0.2) is 39.7 Å². The molecule has 0 aromatic heterocycles. The molecule has 1 aromatic rings. The predicted octanol–water partition coefficient (Wildman–Crippen LogP) is 1.81. The molecular weight excluding hydrogens is 242 g/mol. The highest BCUT2D eigenvalue weighted by Crippen LogP contribution is 2.11. The summed E-state index contributed by atoms with van der Waals surface area (Å²) < 4.78 is 10.1. The lowest BCUT2D eigenvalue weighted by molar-refractivity contribution is -0.116. The number of ether oxygens (including phenoxy) is 2. The molecule has 2 rings (SSSR count). The minimum atomic E-state index is 0.0544. The Morgan fingerprint density at radius 2 is 1.95 bits per heavy atom. The van der Waals surface area contributed by atoms with Gasteiger partial charge in [-0.2, -0.15) is 0 Å². The largest absolute Gasteiger partial charge is 0.497 e. The van der Waals surface area contributed by atoms with Crippen molar-refractivity contribution in [2.75, 3.05) is 27.3 Å². The Hall–Kier alpha value is -1.39. The fourth-order valence-corrected chi connectivity index (χ4v) is 1.96. The number of methoxy groups -OCH3 is 2. The summed E-state index contributed by atoms with van der Waals surface area (Å²) in [6, 6.07) is 7.96. The van der Waals surface area contributed by atoms with Crippen LogP contribution in [0.3, 0.4) is 0 Å². The second-order valence-electron chi connectivity index (χ2n) is 4.58. The van der Waals surface area contributed by atoms with Crippen LogP contribution >= 0.6 is 0 Å². The van der Waals surface area contributed by atoms with Gasteiger partial charge in [-0.3, -0.25) is 0 Å². The number of nitrogens with one attached hydrogen (secondary N) is 1. The van der Waals surface area contributed by atoms with Gasteiger partial charge in [-0.25, -0.2) is 0 Å². The van der Waals surface area contributed by atoms with Crippen LogP contribution in [0.5, 0.6) is 5.75 Å². The Labute approximate surface area is 115 Å². The van der Waals surface area contributed by atoms with Gasteiger partial charge in [0.05, 0.1) is 19.1 Å². The quantitative estimate of drug-likeness (QED) is 0.847. The van der Waals surface area contributed by atoms with E-state index < -0.39 is 0 Å². The van der Waals surface area contributed by atoms with Crippen molar-refractivity contribution in [2.45, 2.75) is 19.4 Å². The Bertz CT molecular complexity index is 364. The summed E-state index contributed by atoms with van der Waals surface area (Å²) in [4.78, 5) is 10.4. The van der Waals surface area contributed by atoms with Crippen molar-refractivity contribution in [1.29, 1.82) is 0 Å². The van der Waals surface area contributed by atoms with Gasteiger partial charge in [0.1, 0.15) is 12.0 Å². The lowest BCUT2D eigenvalue weighted by Gasteiger charge is -2.26. The number of carbonyl (C=O) groups excluding carboxylic acids is 1. The van der Waals surface area contributed by atoms with Gasteiger partial charge in [-0.15, -0.1) is 0 Å². The molecule has 0 bridgehead atoms. The molecule has 1 aromatic carbocycles. The first-order valence-electron chi connectivity index (χ1n) is 6.50. The van der Waals surface area contributed by atoms with Gasteiger partial charge in [0.15, 0.2) is 0 Å². The lowest BCUT2D eigenvalue weighted by Crippen LogP contribution is -2.41. The Balaban J connectivity index is 0.000000191. The summed E-state index contributed by atoms with van der Waals surface area (Å²) in [5.74, 6) is 0.972. The number of aryl methyl sites for hydroxylation is 1. The standard InChI is InChI=1S/C8H10O.C7H13NO2/c1-7-3-5-8(9-2)6-4-7;1-10-7-2-3-8-4-6(7)5-9/h3-6H,1-2H3;5-8H,2-4H2,1H3. The van der Waals surface area contributed by atoms with Crippen molar-refractivity contribution >= 4 is 6.29 Å². The van der Waals surface area contributed by atoms with Crippen molar-refractivity contribution in [2.24, 2.45) is 5.92 Å². The zero-order valence-electron chi connectivity index (χ0n) is 11.9. The fourth-order valence-electron chi connectivity index (χ4n) is 1.96. The van der Waals surface area contributed by atoms with E-state index in [1.54, 1.807) is 14.2 Å². The number of carbonyl (C=O) groups is 1. The first-order chi connectivity index (χ1) is 9.21. The highest BCUT2D eigenvalue weighted by molar-refractivity contribution is 5.55. The first-order valence-corrected chi connectivity index (χ1v) is 6.50. The number of rotatable bonds is 3. The fraction of sp³-hybridized carbons (Fsp3) is 0.533. The average molecular weight is 265 g/mol. The predicted molar refractivity (Wildman–Crippen MR) is 75.6 cm³/mol. The van der Waals surface area contributed by atoms with E-state index in [1.165, 1.54) is 5.56 Å². The molecule has 0 aliphatic carbocycles. The van der Waals surface area contributed by atoms with Crippen LogP contribution in [0.25, 0.3) is 0 Å². The Morgan fingerprint density at radius 3 is 2.42 bits per heavy atom. The van der Waals surface area contributed by atoms with E-state index >= 15 is 0 Å². The van der Waals surface area contributed by atoms with Gasteiger partial charge >= 0.3 is 0 Å². The molecule has 1 aliphatic rings. The van der Waals surface area contributed by atoms with Crippen molar-refractivity contribution in [3.8, 4) is 5.75 Å². The third kappa shape index (κ3) is 5.41. The van der Waals surface area contributed by atoms with Crippen molar-refractivity contribution in [3.63, 3.8) is 0 Å². The second kappa shape index (κ2) is 8.67. The third-order valence-corrected chi connectivity index (χ3v) is 3.20. The molecule has 4 heteroatoms. The van der Waals surface area contributed by atoms with E-state index in [9.17, 15) is 4.79 Å². The highest BCUT2D eigenvalue weighted by Gasteiger charge is 2.23. The molecule has 0 amide bonds. The Morgan fingerprint density at radius 1 is 1.26 bits per heavy atom. The molecular formula is C15H23NO3. The van der Waals surface area contributed by atoms with Crippen LogP contribution < -0.4 is 10.1 Å². The van der Waals surface area contributed by atoms with E-state index in [2.05, 4.69) is 12.2 Å². The number of aldehydes is 1. The lowest BCUT2D eigenvalue weighted by atomic mass is 9.98. The molecule has 19 heavy (non-hydrogen) atoms. The molecule has 1 heterocycles. The van der Waals surface area contributed by atoms with Crippen LogP contribution in [-0.2, 0) is 9.53 Å². The van der Waals surface area contributed by atoms with Gasteiger partial charge < -0.3 is 19.6 Å². The topological polar surface area (TPSA) is 47.6 Å². The van der Waals surface area contributed by atoms with Gasteiger partial charge in [0.2, 0.25) is 0 Å². The molecule has 0 radical (unpaired) electrons. The molecule has 106 valence electrons. The molecule has 2 atom stereocenters. The molecule has 1 saturated heterocycles. The van der Waals surface area contributed by atoms with Gasteiger partial charge in [-0.05, 0) is 32.0 Å². The van der Waals surface area contributed by atoms with Gasteiger partial charge in [0.25, 0.3) is 0 Å². The van der Waals surface area contributed by atoms with E-state index in [4.69, 9.17) is 9.47 Å². The van der Waals surface area contributed by atoms with Crippen molar-refractivity contribution < 1.29 is 14.3 Å². The summed E-state index contributed by atoms with van der Waals surface area (Å²) in [7, 11) is 3.33. The maximum atomic E-state index is 10.4. The molecule has 2 unspecified atom stereocenters. The zero-order valence-corrected chi connectivity index (χ0v) is 11.9. The van der Waals surface area contributed by atoms with Gasteiger partial charge in [-0.1, -0.05) is 17.7 Å². The first kappa shape index (κ1) is 15.7. The number of hydrogen-bond acceptors (Lipinski definition) is 4. The highest BCUT2D eigenvalue weighted by atomic mass is 16.5. The monoisotopic (exact) mass is 265 g/mol. The smallest absolute Gasteiger partial charge is 0.126 e. The summed E-state index contributed by atoms with van der Waals surface area (Å²) in [6.45, 7) is 3.78. The molecule has 4 nitrogen and oxygen atoms in total. The summed E-state index contributed by atoms with van der Waals surface area (Å²) >= 11 is 0. The number of hydrogen-bond donors (Lipinski definition) is 1. The minimum absolute atomic E-state index is 0.0544. The molecule has 1 N–H and O–H groups in total. The Kier molecular flexibility index (Phi) is 7.15. The van der Waals surface area contributed by atoms with Crippen LogP contribution in [0.15, 0.2) is 24.3 Å². The van der Waals surface area contributed by atoms with E-state index in [0.717, 1.165) is 31.5 Å². The normalized spacial score (nSPS) is 22.1. The van der Waals surface area contributed by atoms with Crippen LogP contribution in [0.2, 0.25) is 0 Å². The average Bonchev–Trinajstić information content (AvgIpc) is 2.48. The summed E-state index contributed by atoms with van der Waals surface area (Å²) in [6.07, 6.45) is 2.05.